The zero-order valence-electron chi connectivity index (χ0n) is 11.8. The third-order valence-electron chi connectivity index (χ3n) is 3.66. The summed E-state index contributed by atoms with van der Waals surface area (Å²) in [5.74, 6) is 0.467. The summed E-state index contributed by atoms with van der Waals surface area (Å²) in [6.45, 7) is 3.25. The molecular weight excluding hydrogens is 281 g/mol. The van der Waals surface area contributed by atoms with Crippen LogP contribution in [0.25, 0.3) is 21.9 Å². The van der Waals surface area contributed by atoms with Gasteiger partial charge in [0.05, 0.1) is 7.11 Å². The highest BCUT2D eigenvalue weighted by Gasteiger charge is 2.36. The summed E-state index contributed by atoms with van der Waals surface area (Å²) in [4.78, 5) is 0. The molecule has 0 aliphatic rings. The van der Waals surface area contributed by atoms with E-state index in [0.717, 1.165) is 5.56 Å². The lowest BCUT2D eigenvalue weighted by atomic mass is 10.0. The van der Waals surface area contributed by atoms with Crippen LogP contribution in [0.15, 0.2) is 28.7 Å². The molecule has 0 saturated heterocycles. The maximum Gasteiger partial charge on any atom is 0.420 e. The Morgan fingerprint density at radius 3 is 2.05 bits per heavy atom. The fourth-order valence-electron chi connectivity index (χ4n) is 2.68. The summed E-state index contributed by atoms with van der Waals surface area (Å²) in [6.07, 6.45) is -4.46. The van der Waals surface area contributed by atoms with E-state index in [1.54, 1.807) is 12.1 Å². The second-order valence-corrected chi connectivity index (χ2v) is 5.03. The smallest absolute Gasteiger partial charge is 0.420 e. The van der Waals surface area contributed by atoms with Crippen molar-refractivity contribution in [2.45, 2.75) is 20.0 Å². The quantitative estimate of drug-likeness (QED) is 0.613. The number of ether oxygens (including phenoxy) is 1. The largest absolute Gasteiger partial charge is 0.493 e. The molecule has 0 N–H and O–H groups in total. The predicted molar refractivity (Wildman–Crippen MR) is 74.7 cm³/mol. The highest BCUT2D eigenvalue weighted by atomic mass is 19.4. The normalized spacial score (nSPS) is 12.3. The molecule has 0 radical (unpaired) electrons. The van der Waals surface area contributed by atoms with Gasteiger partial charge in [-0.2, -0.15) is 13.2 Å². The second-order valence-electron chi connectivity index (χ2n) is 5.03. The topological polar surface area (TPSA) is 22.4 Å². The highest BCUT2D eigenvalue weighted by Crippen LogP contribution is 2.43. The van der Waals surface area contributed by atoms with Gasteiger partial charge in [0.1, 0.15) is 11.1 Å². The van der Waals surface area contributed by atoms with Crippen molar-refractivity contribution in [3.63, 3.8) is 0 Å². The first kappa shape index (κ1) is 13.8. The Labute approximate surface area is 119 Å². The Kier molecular flexibility index (Phi) is 2.90. The number of fused-ring (bicyclic) bond motifs is 3. The lowest BCUT2D eigenvalue weighted by molar-refractivity contribution is -0.137. The summed E-state index contributed by atoms with van der Waals surface area (Å²) in [7, 11) is 1.48. The van der Waals surface area contributed by atoms with E-state index >= 15 is 0 Å². The van der Waals surface area contributed by atoms with E-state index in [-0.39, 0.29) is 11.1 Å². The molecule has 0 spiro atoms. The molecule has 21 heavy (non-hydrogen) atoms. The average molecular weight is 294 g/mol. The number of rotatable bonds is 1. The number of hydrogen-bond acceptors (Lipinski definition) is 2. The van der Waals surface area contributed by atoms with Gasteiger partial charge in [-0.1, -0.05) is 18.2 Å². The van der Waals surface area contributed by atoms with Gasteiger partial charge >= 0.3 is 6.18 Å². The van der Waals surface area contributed by atoms with Gasteiger partial charge < -0.3 is 9.15 Å². The summed E-state index contributed by atoms with van der Waals surface area (Å²) in [5, 5.41) is 1.07. The van der Waals surface area contributed by atoms with Crippen molar-refractivity contribution in [2.75, 3.05) is 7.11 Å². The number of aryl methyl sites for hydroxylation is 2. The van der Waals surface area contributed by atoms with Crippen LogP contribution in [0.1, 0.15) is 16.7 Å². The van der Waals surface area contributed by atoms with Crippen LogP contribution in [-0.4, -0.2) is 7.11 Å². The van der Waals surface area contributed by atoms with Gasteiger partial charge in [0.2, 0.25) is 0 Å². The molecule has 0 bridgehead atoms. The van der Waals surface area contributed by atoms with Gasteiger partial charge in [0.15, 0.2) is 11.3 Å². The molecule has 3 aromatic rings. The van der Waals surface area contributed by atoms with E-state index in [2.05, 4.69) is 0 Å². The van der Waals surface area contributed by atoms with E-state index in [1.165, 1.54) is 20.1 Å². The highest BCUT2D eigenvalue weighted by molar-refractivity contribution is 6.08. The third-order valence-corrected chi connectivity index (χ3v) is 3.66. The minimum absolute atomic E-state index is 0.138. The van der Waals surface area contributed by atoms with Crippen LogP contribution in [0, 0.1) is 13.8 Å². The maximum absolute atomic E-state index is 13.3. The zero-order chi connectivity index (χ0) is 15.4. The number of benzene rings is 2. The second kappa shape index (κ2) is 4.41. The van der Waals surface area contributed by atoms with Crippen molar-refractivity contribution in [3.05, 3.63) is 41.0 Å². The minimum atomic E-state index is -4.46. The predicted octanol–water partition coefficient (Wildman–Crippen LogP) is 5.23. The molecule has 110 valence electrons. The first-order valence-electron chi connectivity index (χ1n) is 6.41. The van der Waals surface area contributed by atoms with Gasteiger partial charge in [0, 0.05) is 10.8 Å². The summed E-state index contributed by atoms with van der Waals surface area (Å²) >= 11 is 0. The lowest BCUT2D eigenvalue weighted by Gasteiger charge is -2.09. The van der Waals surface area contributed by atoms with Gasteiger partial charge in [-0.05, 0) is 31.0 Å². The van der Waals surface area contributed by atoms with Gasteiger partial charge in [0.25, 0.3) is 0 Å². The molecule has 0 aliphatic heterocycles. The molecule has 0 aliphatic carbocycles. The van der Waals surface area contributed by atoms with Crippen LogP contribution in [0.5, 0.6) is 5.75 Å². The molecule has 2 nitrogen and oxygen atoms in total. The first-order chi connectivity index (χ1) is 9.84. The Bertz CT molecular complexity index is 844. The van der Waals surface area contributed by atoms with Crippen molar-refractivity contribution in [2.24, 2.45) is 0 Å². The molecule has 0 saturated carbocycles. The number of methoxy groups -OCH3 is 1. The van der Waals surface area contributed by atoms with Crippen LogP contribution in [0.3, 0.4) is 0 Å². The van der Waals surface area contributed by atoms with Gasteiger partial charge in [-0.25, -0.2) is 0 Å². The molecule has 1 aromatic heterocycles. The van der Waals surface area contributed by atoms with Crippen molar-refractivity contribution in [1.29, 1.82) is 0 Å². The molecule has 0 amide bonds. The van der Waals surface area contributed by atoms with Crippen LogP contribution in [0.2, 0.25) is 0 Å². The Morgan fingerprint density at radius 2 is 1.48 bits per heavy atom. The van der Waals surface area contributed by atoms with Gasteiger partial charge in [-0.15, -0.1) is 0 Å². The number of furan rings is 1. The van der Waals surface area contributed by atoms with Gasteiger partial charge in [-0.3, -0.25) is 0 Å². The number of alkyl halides is 3. The van der Waals surface area contributed by atoms with E-state index in [0.29, 0.717) is 22.1 Å². The van der Waals surface area contributed by atoms with Crippen molar-refractivity contribution < 1.29 is 22.3 Å². The van der Waals surface area contributed by atoms with Crippen LogP contribution in [-0.2, 0) is 6.18 Å². The van der Waals surface area contributed by atoms with Crippen molar-refractivity contribution in [1.82, 2.24) is 0 Å². The molecule has 0 fully saturated rings. The lowest BCUT2D eigenvalue weighted by Crippen LogP contribution is -2.07. The fourth-order valence-corrected chi connectivity index (χ4v) is 2.68. The van der Waals surface area contributed by atoms with E-state index in [4.69, 9.17) is 9.15 Å². The summed E-state index contributed by atoms with van der Waals surface area (Å²) < 4.78 is 50.7. The third kappa shape index (κ3) is 1.95. The molecule has 0 atom stereocenters. The fraction of sp³-hybridized carbons (Fsp3) is 0.250. The van der Waals surface area contributed by atoms with Crippen molar-refractivity contribution >= 4 is 21.9 Å². The molecule has 5 heteroatoms. The number of hydrogen-bond donors (Lipinski definition) is 0. The maximum atomic E-state index is 13.3. The SMILES string of the molecule is COc1c(C)ccc2c1oc1c(C(F)(F)F)c(C)ccc12. The van der Waals surface area contributed by atoms with E-state index in [9.17, 15) is 13.2 Å². The van der Waals surface area contributed by atoms with E-state index < -0.39 is 11.7 Å². The standard InChI is InChI=1S/C16H13F3O2/c1-8-4-6-10-11-7-5-9(2)13(20-3)15(11)21-14(10)12(8)16(17,18)19/h4-7H,1-3H3. The molecule has 1 heterocycles. The monoisotopic (exact) mass is 294 g/mol. The first-order valence-corrected chi connectivity index (χ1v) is 6.41. The summed E-state index contributed by atoms with van der Waals surface area (Å²) in [5.41, 5.74) is 0.444. The molecule has 2 aromatic carbocycles. The van der Waals surface area contributed by atoms with Crippen molar-refractivity contribution in [3.8, 4) is 5.75 Å². The molecule has 0 unspecified atom stereocenters. The zero-order valence-corrected chi connectivity index (χ0v) is 11.8. The molecule has 3 rings (SSSR count). The Hall–Kier alpha value is -2.17. The molecular formula is C16H13F3O2. The van der Waals surface area contributed by atoms with Crippen LogP contribution < -0.4 is 4.74 Å². The average Bonchev–Trinajstić information content (AvgIpc) is 2.74. The number of halogens is 3. The van der Waals surface area contributed by atoms with E-state index in [1.807, 2.05) is 13.0 Å². The summed E-state index contributed by atoms with van der Waals surface area (Å²) in [6, 6.07) is 6.69. The Morgan fingerprint density at radius 1 is 0.905 bits per heavy atom. The van der Waals surface area contributed by atoms with Crippen LogP contribution >= 0.6 is 0 Å². The van der Waals surface area contributed by atoms with Crippen LogP contribution in [0.4, 0.5) is 13.2 Å². The Balaban J connectivity index is 2.52. The minimum Gasteiger partial charge on any atom is -0.493 e.